The van der Waals surface area contributed by atoms with Crippen LogP contribution in [0.1, 0.15) is 20.8 Å². The minimum atomic E-state index is -0.618. The van der Waals surface area contributed by atoms with Gasteiger partial charge in [0.05, 0.1) is 36.2 Å². The third-order valence-corrected chi connectivity index (χ3v) is 5.52. The first-order valence-electron chi connectivity index (χ1n) is 8.93. The Morgan fingerprint density at radius 3 is 2.82 bits per heavy atom. The number of piperazine rings is 1. The van der Waals surface area contributed by atoms with E-state index in [2.05, 4.69) is 26.2 Å². The largest absolute Gasteiger partial charge is 0.444 e. The van der Waals surface area contributed by atoms with Gasteiger partial charge in [-0.15, -0.1) is 0 Å². The molecule has 4 rings (SSSR count). The number of pyridine rings is 1. The van der Waals surface area contributed by atoms with Crippen LogP contribution in [-0.4, -0.2) is 52.1 Å². The van der Waals surface area contributed by atoms with Gasteiger partial charge in [-0.1, -0.05) is 27.5 Å². The molecule has 2 aliphatic heterocycles. The Bertz CT molecular complexity index is 978. The molecule has 9 heteroatoms. The highest BCUT2D eigenvalue weighted by atomic mass is 79.9. The first-order chi connectivity index (χ1) is 13.1. The van der Waals surface area contributed by atoms with E-state index in [1.165, 1.54) is 4.90 Å². The van der Waals surface area contributed by atoms with Crippen molar-refractivity contribution in [2.45, 2.75) is 37.9 Å². The van der Waals surface area contributed by atoms with Crippen LogP contribution in [0.4, 0.5) is 16.2 Å². The van der Waals surface area contributed by atoms with Gasteiger partial charge in [0, 0.05) is 9.86 Å². The van der Waals surface area contributed by atoms with Crippen LogP contribution < -0.4 is 10.2 Å². The molecule has 3 heterocycles. The Hall–Kier alpha value is -2.06. The molecule has 0 radical (unpaired) electrons. The minimum Gasteiger partial charge on any atom is -0.444 e. The van der Waals surface area contributed by atoms with Crippen molar-refractivity contribution in [3.8, 4) is 0 Å². The maximum atomic E-state index is 12.8. The number of rotatable bonds is 0. The molecule has 0 saturated carbocycles. The Kier molecular flexibility index (Phi) is 4.66. The van der Waals surface area contributed by atoms with Gasteiger partial charge < -0.3 is 19.9 Å². The summed E-state index contributed by atoms with van der Waals surface area (Å²) >= 11 is 10.2. The zero-order chi connectivity index (χ0) is 20.2. The zero-order valence-corrected chi connectivity index (χ0v) is 18.0. The van der Waals surface area contributed by atoms with Crippen molar-refractivity contribution in [1.82, 2.24) is 9.88 Å². The van der Waals surface area contributed by atoms with E-state index >= 15 is 0 Å². The summed E-state index contributed by atoms with van der Waals surface area (Å²) in [6, 6.07) is 5.19. The van der Waals surface area contributed by atoms with Crippen molar-refractivity contribution < 1.29 is 14.3 Å². The van der Waals surface area contributed by atoms with Crippen molar-refractivity contribution in [2.75, 3.05) is 23.3 Å². The second-order valence-corrected chi connectivity index (χ2v) is 9.33. The SMILES string of the molecule is CC(C)(C)OC(=O)N1CC(Cl)N2c3c(cnc4cc(Br)ccc34)NC(=O)C2C1. The van der Waals surface area contributed by atoms with E-state index in [-0.39, 0.29) is 19.0 Å². The molecule has 2 unspecified atom stereocenters. The highest BCUT2D eigenvalue weighted by Gasteiger charge is 2.44. The Morgan fingerprint density at radius 2 is 2.11 bits per heavy atom. The molecule has 2 amide bonds. The lowest BCUT2D eigenvalue weighted by Crippen LogP contribution is -2.64. The number of benzene rings is 1. The number of hydrogen-bond donors (Lipinski definition) is 1. The first-order valence-corrected chi connectivity index (χ1v) is 10.2. The number of alkyl halides is 1. The highest BCUT2D eigenvalue weighted by Crippen LogP contribution is 2.41. The molecule has 7 nitrogen and oxygen atoms in total. The maximum absolute atomic E-state index is 12.8. The van der Waals surface area contributed by atoms with Gasteiger partial charge >= 0.3 is 6.09 Å². The minimum absolute atomic E-state index is 0.198. The Morgan fingerprint density at radius 1 is 1.36 bits per heavy atom. The molecule has 1 fully saturated rings. The number of nitrogens with one attached hydrogen (secondary N) is 1. The monoisotopic (exact) mass is 466 g/mol. The van der Waals surface area contributed by atoms with E-state index in [4.69, 9.17) is 16.3 Å². The van der Waals surface area contributed by atoms with Gasteiger partial charge in [-0.25, -0.2) is 4.79 Å². The van der Waals surface area contributed by atoms with Crippen molar-refractivity contribution in [3.63, 3.8) is 0 Å². The smallest absolute Gasteiger partial charge is 0.410 e. The van der Waals surface area contributed by atoms with E-state index in [0.717, 1.165) is 21.1 Å². The van der Waals surface area contributed by atoms with Gasteiger partial charge in [0.1, 0.15) is 17.1 Å². The van der Waals surface area contributed by atoms with Gasteiger partial charge in [0.15, 0.2) is 0 Å². The number of anilines is 2. The predicted octanol–water partition coefficient (Wildman–Crippen LogP) is 3.94. The van der Waals surface area contributed by atoms with Crippen molar-refractivity contribution in [2.24, 2.45) is 0 Å². The maximum Gasteiger partial charge on any atom is 0.410 e. The van der Waals surface area contributed by atoms with Gasteiger partial charge in [0.25, 0.3) is 0 Å². The average molecular weight is 468 g/mol. The van der Waals surface area contributed by atoms with Gasteiger partial charge in [-0.2, -0.15) is 0 Å². The standard InChI is InChI=1S/C19H20BrClN4O3/c1-19(2,3)28-18(27)24-8-14-17(26)23-13-7-22-12-6-10(20)4-5-11(12)16(13)25(14)15(21)9-24/h4-7,14-15H,8-9H2,1-3H3,(H,23,26). The second-order valence-electron chi connectivity index (χ2n) is 7.91. The van der Waals surface area contributed by atoms with Crippen LogP contribution in [0.5, 0.6) is 0 Å². The van der Waals surface area contributed by atoms with Crippen LogP contribution >= 0.6 is 27.5 Å². The molecule has 148 valence electrons. The number of halogens is 2. The quantitative estimate of drug-likeness (QED) is 0.469. The van der Waals surface area contributed by atoms with Crippen molar-refractivity contribution in [1.29, 1.82) is 0 Å². The summed E-state index contributed by atoms with van der Waals surface area (Å²) in [5.74, 6) is -0.218. The zero-order valence-electron chi connectivity index (χ0n) is 15.7. The van der Waals surface area contributed by atoms with Crippen LogP contribution in [0.2, 0.25) is 0 Å². The number of ether oxygens (including phenoxy) is 1. The molecular weight excluding hydrogens is 448 g/mol. The van der Waals surface area contributed by atoms with E-state index in [1.807, 2.05) is 23.1 Å². The Labute approximate surface area is 176 Å². The molecule has 1 aromatic carbocycles. The first kappa shape index (κ1) is 19.3. The third kappa shape index (κ3) is 3.39. The van der Waals surface area contributed by atoms with E-state index in [9.17, 15) is 9.59 Å². The molecular formula is C19H20BrClN4O3. The molecule has 0 spiro atoms. The summed E-state index contributed by atoms with van der Waals surface area (Å²) in [4.78, 5) is 33.1. The number of carbonyl (C=O) groups is 2. The second kappa shape index (κ2) is 6.77. The molecule has 1 aromatic heterocycles. The predicted molar refractivity (Wildman–Crippen MR) is 112 cm³/mol. The topological polar surface area (TPSA) is 74.8 Å². The van der Waals surface area contributed by atoms with Crippen LogP contribution in [-0.2, 0) is 9.53 Å². The molecule has 2 atom stereocenters. The highest BCUT2D eigenvalue weighted by molar-refractivity contribution is 9.10. The molecule has 2 aromatic rings. The molecule has 0 bridgehead atoms. The lowest BCUT2D eigenvalue weighted by molar-refractivity contribution is -0.118. The molecule has 28 heavy (non-hydrogen) atoms. The number of nitrogens with zero attached hydrogens (tertiary/aromatic N) is 3. The summed E-state index contributed by atoms with van der Waals surface area (Å²) in [7, 11) is 0. The van der Waals surface area contributed by atoms with Crippen LogP contribution in [0.15, 0.2) is 28.9 Å². The van der Waals surface area contributed by atoms with Gasteiger partial charge in [0.2, 0.25) is 5.91 Å². The van der Waals surface area contributed by atoms with E-state index in [1.54, 1.807) is 27.0 Å². The van der Waals surface area contributed by atoms with Crippen molar-refractivity contribution in [3.05, 3.63) is 28.9 Å². The summed E-state index contributed by atoms with van der Waals surface area (Å²) < 4.78 is 6.37. The summed E-state index contributed by atoms with van der Waals surface area (Å²) in [5.41, 5.74) is 1.04. The fourth-order valence-corrected chi connectivity index (χ4v) is 4.30. The lowest BCUT2D eigenvalue weighted by Gasteiger charge is -2.47. The lowest BCUT2D eigenvalue weighted by atomic mass is 10.0. The number of carbonyl (C=O) groups excluding carboxylic acids is 2. The summed E-state index contributed by atoms with van der Waals surface area (Å²) in [6.45, 7) is 5.87. The molecule has 0 aliphatic carbocycles. The summed E-state index contributed by atoms with van der Waals surface area (Å²) in [5, 5.41) is 3.79. The van der Waals surface area contributed by atoms with Crippen LogP contribution in [0.3, 0.4) is 0 Å². The normalized spacial score (nSPS) is 21.8. The Balaban J connectivity index is 1.72. The molecule has 1 N–H and O–H groups in total. The van der Waals surface area contributed by atoms with Gasteiger partial charge in [-0.3, -0.25) is 9.78 Å². The fourth-order valence-electron chi connectivity index (χ4n) is 3.55. The third-order valence-electron chi connectivity index (χ3n) is 4.68. The molecule has 2 aliphatic rings. The number of amides is 2. The van der Waals surface area contributed by atoms with E-state index in [0.29, 0.717) is 5.69 Å². The van der Waals surface area contributed by atoms with Crippen LogP contribution in [0.25, 0.3) is 10.9 Å². The number of hydrogen-bond acceptors (Lipinski definition) is 5. The van der Waals surface area contributed by atoms with Gasteiger partial charge in [-0.05, 0) is 39.0 Å². The van der Waals surface area contributed by atoms with E-state index < -0.39 is 23.2 Å². The number of fused-ring (bicyclic) bond motifs is 5. The average Bonchev–Trinajstić information content (AvgIpc) is 2.59. The molecule has 1 saturated heterocycles. The van der Waals surface area contributed by atoms with Crippen molar-refractivity contribution >= 4 is 61.8 Å². The number of aromatic nitrogens is 1. The fraction of sp³-hybridized carbons (Fsp3) is 0.421. The van der Waals surface area contributed by atoms with Crippen LogP contribution in [0, 0.1) is 0 Å². The summed E-state index contributed by atoms with van der Waals surface area (Å²) in [6.07, 6.45) is 1.17.